The molecule has 1 unspecified atom stereocenters. The van der Waals surface area contributed by atoms with Gasteiger partial charge in [-0.15, -0.1) is 0 Å². The molecule has 0 radical (unpaired) electrons. The number of fused-ring (bicyclic) bond motifs is 1. The molecule has 134 valence electrons. The van der Waals surface area contributed by atoms with Crippen LogP contribution >= 0.6 is 15.9 Å². The number of rotatable bonds is 5. The molecule has 1 heterocycles. The molecule has 3 heteroatoms. The Balaban J connectivity index is 1.79. The zero-order valence-electron chi connectivity index (χ0n) is 15.1. The Morgan fingerprint density at radius 1 is 1.00 bits per heavy atom. The molecular weight excluding hydrogens is 398 g/mol. The van der Waals surface area contributed by atoms with Crippen molar-refractivity contribution in [3.05, 3.63) is 106 Å². The molecule has 3 aromatic carbocycles. The normalized spacial score (nSPS) is 12.2. The Hall–Kier alpha value is -2.65. The number of hydrogen-bond acceptors (Lipinski definition) is 1. The van der Waals surface area contributed by atoms with E-state index in [-0.39, 0.29) is 11.7 Å². The van der Waals surface area contributed by atoms with E-state index in [1.54, 1.807) is 0 Å². The van der Waals surface area contributed by atoms with Gasteiger partial charge in [-0.25, -0.2) is 0 Å². The van der Waals surface area contributed by atoms with Crippen molar-refractivity contribution in [2.24, 2.45) is 0 Å². The van der Waals surface area contributed by atoms with Crippen molar-refractivity contribution in [3.8, 4) is 0 Å². The molecule has 0 saturated heterocycles. The number of Topliss-reactive ketones (excluding diaryl/α,β-unsaturated/α-hetero) is 1. The predicted molar refractivity (Wildman–Crippen MR) is 114 cm³/mol. The first-order valence-electron chi connectivity index (χ1n) is 9.03. The molecule has 2 nitrogen and oxygen atoms in total. The molecular formula is C24H20BrNO. The van der Waals surface area contributed by atoms with E-state index in [0.717, 1.165) is 32.1 Å². The molecule has 0 aliphatic rings. The fourth-order valence-electron chi connectivity index (χ4n) is 3.54. The van der Waals surface area contributed by atoms with Gasteiger partial charge in [0.1, 0.15) is 0 Å². The number of H-pyrrole nitrogens is 1. The van der Waals surface area contributed by atoms with Crippen LogP contribution in [-0.2, 0) is 0 Å². The molecule has 0 fully saturated rings. The monoisotopic (exact) mass is 417 g/mol. The first-order valence-corrected chi connectivity index (χ1v) is 9.82. The van der Waals surface area contributed by atoms with Crippen molar-refractivity contribution in [2.45, 2.75) is 19.3 Å². The summed E-state index contributed by atoms with van der Waals surface area (Å²) in [6.45, 7) is 2.08. The zero-order valence-corrected chi connectivity index (χ0v) is 16.7. The minimum atomic E-state index is 0.00126. The lowest BCUT2D eigenvalue weighted by molar-refractivity contribution is 0.0978. The fourth-order valence-corrected chi connectivity index (χ4v) is 3.90. The van der Waals surface area contributed by atoms with Crippen LogP contribution in [0.25, 0.3) is 10.9 Å². The van der Waals surface area contributed by atoms with Gasteiger partial charge in [-0.2, -0.15) is 0 Å². The highest BCUT2D eigenvalue weighted by Crippen LogP contribution is 2.35. The van der Waals surface area contributed by atoms with Gasteiger partial charge in [-0.1, -0.05) is 76.1 Å². The number of aromatic amines is 1. The molecule has 1 aromatic heterocycles. The average molecular weight is 418 g/mol. The van der Waals surface area contributed by atoms with Crippen molar-refractivity contribution < 1.29 is 4.79 Å². The van der Waals surface area contributed by atoms with Gasteiger partial charge in [-0.3, -0.25) is 4.79 Å². The van der Waals surface area contributed by atoms with E-state index in [0.29, 0.717) is 6.42 Å². The van der Waals surface area contributed by atoms with Gasteiger partial charge in [0.05, 0.1) is 0 Å². The SMILES string of the molecule is Cc1ccc(C(CC(=O)c2ccccc2)c2c[nH]c3ccc(Br)cc23)cc1. The number of halogens is 1. The highest BCUT2D eigenvalue weighted by Gasteiger charge is 2.22. The maximum atomic E-state index is 13.0. The maximum absolute atomic E-state index is 13.0. The summed E-state index contributed by atoms with van der Waals surface area (Å²) in [6.07, 6.45) is 2.48. The Bertz CT molecular complexity index is 1080. The van der Waals surface area contributed by atoms with Crippen LogP contribution in [0.5, 0.6) is 0 Å². The van der Waals surface area contributed by atoms with E-state index in [4.69, 9.17) is 0 Å². The topological polar surface area (TPSA) is 32.9 Å². The Kier molecular flexibility index (Phi) is 4.95. The summed E-state index contributed by atoms with van der Waals surface area (Å²) in [4.78, 5) is 16.3. The summed E-state index contributed by atoms with van der Waals surface area (Å²) in [5.74, 6) is 0.159. The van der Waals surface area contributed by atoms with Crippen LogP contribution in [-0.4, -0.2) is 10.8 Å². The van der Waals surface area contributed by atoms with Gasteiger partial charge in [0.25, 0.3) is 0 Å². The minimum absolute atomic E-state index is 0.00126. The van der Waals surface area contributed by atoms with Crippen LogP contribution in [0.1, 0.15) is 39.4 Å². The molecule has 1 N–H and O–H groups in total. The van der Waals surface area contributed by atoms with Gasteiger partial charge in [0, 0.05) is 39.5 Å². The second-order valence-electron chi connectivity index (χ2n) is 6.89. The first-order chi connectivity index (χ1) is 13.1. The molecule has 0 saturated carbocycles. The first kappa shape index (κ1) is 17.7. The maximum Gasteiger partial charge on any atom is 0.163 e. The third-order valence-electron chi connectivity index (χ3n) is 5.02. The summed E-state index contributed by atoms with van der Waals surface area (Å²) in [6, 6.07) is 24.2. The highest BCUT2D eigenvalue weighted by atomic mass is 79.9. The van der Waals surface area contributed by atoms with Crippen LogP contribution in [0.4, 0.5) is 0 Å². The highest BCUT2D eigenvalue weighted by molar-refractivity contribution is 9.10. The largest absolute Gasteiger partial charge is 0.361 e. The lowest BCUT2D eigenvalue weighted by Gasteiger charge is -2.17. The molecule has 1 atom stereocenters. The van der Waals surface area contributed by atoms with Gasteiger partial charge in [0.15, 0.2) is 5.78 Å². The van der Waals surface area contributed by atoms with Crippen LogP contribution in [0.3, 0.4) is 0 Å². The van der Waals surface area contributed by atoms with E-state index >= 15 is 0 Å². The smallest absolute Gasteiger partial charge is 0.163 e. The van der Waals surface area contributed by atoms with E-state index < -0.39 is 0 Å². The van der Waals surface area contributed by atoms with Crippen LogP contribution in [0, 0.1) is 6.92 Å². The number of aromatic nitrogens is 1. The van der Waals surface area contributed by atoms with Gasteiger partial charge >= 0.3 is 0 Å². The molecule has 0 aliphatic carbocycles. The van der Waals surface area contributed by atoms with Gasteiger partial charge < -0.3 is 4.98 Å². The van der Waals surface area contributed by atoms with E-state index in [9.17, 15) is 4.79 Å². The van der Waals surface area contributed by atoms with Crippen LogP contribution in [0.15, 0.2) is 83.5 Å². The van der Waals surface area contributed by atoms with Gasteiger partial charge in [0.2, 0.25) is 0 Å². The number of benzene rings is 3. The second kappa shape index (κ2) is 7.53. The summed E-state index contributed by atoms with van der Waals surface area (Å²) in [5, 5.41) is 1.15. The van der Waals surface area contributed by atoms with Crippen molar-refractivity contribution in [1.82, 2.24) is 4.98 Å². The van der Waals surface area contributed by atoms with Crippen molar-refractivity contribution in [1.29, 1.82) is 0 Å². The molecule has 0 aliphatic heterocycles. The van der Waals surface area contributed by atoms with E-state index in [1.807, 2.05) is 42.6 Å². The molecule has 0 spiro atoms. The number of nitrogens with one attached hydrogen (secondary N) is 1. The number of aryl methyl sites for hydroxylation is 1. The molecule has 0 amide bonds. The molecule has 0 bridgehead atoms. The minimum Gasteiger partial charge on any atom is -0.361 e. The lowest BCUT2D eigenvalue weighted by atomic mass is 9.85. The summed E-state index contributed by atoms with van der Waals surface area (Å²) in [7, 11) is 0. The fraction of sp³-hybridized carbons (Fsp3) is 0.125. The zero-order chi connectivity index (χ0) is 18.8. The molecule has 4 aromatic rings. The number of hydrogen-bond donors (Lipinski definition) is 1. The van der Waals surface area contributed by atoms with Crippen molar-refractivity contribution in [2.75, 3.05) is 0 Å². The third kappa shape index (κ3) is 3.74. The van der Waals surface area contributed by atoms with E-state index in [2.05, 4.69) is 64.2 Å². The Labute approximate surface area is 167 Å². The Morgan fingerprint density at radius 3 is 2.48 bits per heavy atom. The van der Waals surface area contributed by atoms with Crippen LogP contribution < -0.4 is 0 Å². The standard InChI is InChI=1S/C24H20BrNO/c1-16-7-9-17(10-8-16)20(14-24(27)18-5-3-2-4-6-18)22-15-26-23-12-11-19(25)13-21(22)23/h2-13,15,20,26H,14H2,1H3. The number of carbonyl (C=O) groups is 1. The average Bonchev–Trinajstić information content (AvgIpc) is 3.10. The van der Waals surface area contributed by atoms with Crippen molar-refractivity contribution >= 4 is 32.6 Å². The van der Waals surface area contributed by atoms with Crippen molar-refractivity contribution in [3.63, 3.8) is 0 Å². The summed E-state index contributed by atoms with van der Waals surface area (Å²) < 4.78 is 1.04. The molecule has 27 heavy (non-hydrogen) atoms. The Morgan fingerprint density at radius 2 is 1.74 bits per heavy atom. The molecule has 4 rings (SSSR count). The quantitative estimate of drug-likeness (QED) is 0.362. The predicted octanol–water partition coefficient (Wildman–Crippen LogP) is 6.64. The van der Waals surface area contributed by atoms with Gasteiger partial charge in [-0.05, 0) is 36.2 Å². The van der Waals surface area contributed by atoms with E-state index in [1.165, 1.54) is 5.56 Å². The third-order valence-corrected chi connectivity index (χ3v) is 5.51. The number of carbonyl (C=O) groups excluding carboxylic acids is 1. The lowest BCUT2D eigenvalue weighted by Crippen LogP contribution is -2.09. The van der Waals surface area contributed by atoms with Crippen LogP contribution in [0.2, 0.25) is 0 Å². The number of ketones is 1. The second-order valence-corrected chi connectivity index (χ2v) is 7.81. The summed E-state index contributed by atoms with van der Waals surface area (Å²) >= 11 is 3.57. The summed E-state index contributed by atoms with van der Waals surface area (Å²) in [5.41, 5.74) is 5.37.